The number of nitrogens with zero attached hydrogens (tertiary/aromatic N) is 1. The summed E-state index contributed by atoms with van der Waals surface area (Å²) in [6.07, 6.45) is 0.634. The van der Waals surface area contributed by atoms with Crippen LogP contribution in [0.25, 0.3) is 0 Å². The molecule has 2 fully saturated rings. The van der Waals surface area contributed by atoms with E-state index < -0.39 is 29.6 Å². The monoisotopic (exact) mass is 377 g/mol. The highest BCUT2D eigenvalue weighted by Gasteiger charge is 2.51. The third-order valence-corrected chi connectivity index (χ3v) is 4.95. The summed E-state index contributed by atoms with van der Waals surface area (Å²) in [5, 5.41) is 0. The first kappa shape index (κ1) is 17.9. The van der Waals surface area contributed by atoms with Crippen molar-refractivity contribution in [3.05, 3.63) is 65.5 Å². The number of β-lactam (4-membered cyclic amide) rings is 1. The Morgan fingerprint density at radius 3 is 2.59 bits per heavy atom. The van der Waals surface area contributed by atoms with Crippen LogP contribution in [-0.2, 0) is 9.53 Å². The van der Waals surface area contributed by atoms with Crippen molar-refractivity contribution in [2.24, 2.45) is 0 Å². The largest absolute Gasteiger partial charge is 0.475 e. The molecule has 2 aromatic carbocycles. The van der Waals surface area contributed by atoms with Gasteiger partial charge in [0, 0.05) is 13.2 Å². The number of hydrogen-bond donors (Lipinski definition) is 0. The van der Waals surface area contributed by atoms with Gasteiger partial charge in [0.15, 0.2) is 23.2 Å². The molecular formula is C20H18F3NO3. The maximum Gasteiger partial charge on any atom is 0.266 e. The standard InChI is InChI=1S/C20H18F3NO3/c21-14-8-7-12(10-16(14)23)18-19(27-17-6-2-1-5-15(17)22)20(25)24(18)11-13-4-3-9-26-13/h1-2,5-8,10,13,18-19H,3-4,9,11H2/t13-,18-,19-/m1/s1. The first-order valence-corrected chi connectivity index (χ1v) is 8.83. The molecule has 0 radical (unpaired) electrons. The summed E-state index contributed by atoms with van der Waals surface area (Å²) >= 11 is 0. The van der Waals surface area contributed by atoms with Crippen molar-refractivity contribution in [2.75, 3.05) is 13.2 Å². The van der Waals surface area contributed by atoms with Gasteiger partial charge < -0.3 is 14.4 Å². The van der Waals surface area contributed by atoms with Gasteiger partial charge in [-0.2, -0.15) is 0 Å². The molecule has 2 saturated heterocycles. The van der Waals surface area contributed by atoms with E-state index in [9.17, 15) is 18.0 Å². The minimum absolute atomic E-state index is 0.0554. The number of likely N-dealkylation sites (tertiary alicyclic amines) is 1. The van der Waals surface area contributed by atoms with Crippen LogP contribution in [0, 0.1) is 17.5 Å². The van der Waals surface area contributed by atoms with E-state index in [1.54, 1.807) is 6.07 Å². The summed E-state index contributed by atoms with van der Waals surface area (Å²) in [7, 11) is 0. The van der Waals surface area contributed by atoms with Crippen LogP contribution in [0.4, 0.5) is 13.2 Å². The second-order valence-corrected chi connectivity index (χ2v) is 6.71. The van der Waals surface area contributed by atoms with E-state index in [1.165, 1.54) is 29.2 Å². The maximum atomic E-state index is 13.9. The smallest absolute Gasteiger partial charge is 0.266 e. The van der Waals surface area contributed by atoms with Gasteiger partial charge in [0.2, 0.25) is 6.10 Å². The van der Waals surface area contributed by atoms with Crippen LogP contribution in [0.15, 0.2) is 42.5 Å². The van der Waals surface area contributed by atoms with Gasteiger partial charge in [-0.1, -0.05) is 18.2 Å². The van der Waals surface area contributed by atoms with Gasteiger partial charge in [0.1, 0.15) is 6.04 Å². The molecule has 2 heterocycles. The highest BCUT2D eigenvalue weighted by molar-refractivity contribution is 5.89. The summed E-state index contributed by atoms with van der Waals surface area (Å²) in [5.41, 5.74) is 0.396. The lowest BCUT2D eigenvalue weighted by Gasteiger charge is -2.47. The molecule has 2 aromatic rings. The lowest BCUT2D eigenvalue weighted by Crippen LogP contribution is -2.62. The molecule has 2 aliphatic heterocycles. The van der Waals surface area contributed by atoms with Gasteiger partial charge in [-0.15, -0.1) is 0 Å². The normalized spacial score (nSPS) is 24.8. The Bertz CT molecular complexity index is 854. The van der Waals surface area contributed by atoms with Crippen LogP contribution in [0.2, 0.25) is 0 Å². The zero-order valence-corrected chi connectivity index (χ0v) is 14.4. The number of halogens is 3. The first-order chi connectivity index (χ1) is 13.0. The third-order valence-electron chi connectivity index (χ3n) is 4.95. The Morgan fingerprint density at radius 1 is 1.07 bits per heavy atom. The van der Waals surface area contributed by atoms with Crippen LogP contribution in [0.5, 0.6) is 5.75 Å². The number of carbonyl (C=O) groups excluding carboxylic acids is 1. The van der Waals surface area contributed by atoms with Gasteiger partial charge >= 0.3 is 0 Å². The minimum atomic E-state index is -1.01. The van der Waals surface area contributed by atoms with Crippen molar-refractivity contribution in [3.63, 3.8) is 0 Å². The summed E-state index contributed by atoms with van der Waals surface area (Å²) in [5.74, 6) is -2.95. The van der Waals surface area contributed by atoms with Crippen molar-refractivity contribution in [2.45, 2.75) is 31.1 Å². The van der Waals surface area contributed by atoms with Crippen LogP contribution in [0.3, 0.4) is 0 Å². The quantitative estimate of drug-likeness (QED) is 0.748. The fourth-order valence-corrected chi connectivity index (χ4v) is 3.57. The summed E-state index contributed by atoms with van der Waals surface area (Å²) in [4.78, 5) is 14.2. The van der Waals surface area contributed by atoms with Crippen molar-refractivity contribution >= 4 is 5.91 Å². The lowest BCUT2D eigenvalue weighted by molar-refractivity contribution is -0.167. The molecule has 1 amide bonds. The van der Waals surface area contributed by atoms with Crippen molar-refractivity contribution in [1.29, 1.82) is 0 Å². The molecule has 0 bridgehead atoms. The van der Waals surface area contributed by atoms with Gasteiger partial charge in [0.05, 0.1) is 6.10 Å². The van der Waals surface area contributed by atoms with Crippen molar-refractivity contribution < 1.29 is 27.4 Å². The van der Waals surface area contributed by atoms with Gasteiger partial charge in [0.25, 0.3) is 5.91 Å². The summed E-state index contributed by atoms with van der Waals surface area (Å²) < 4.78 is 52.2. The topological polar surface area (TPSA) is 38.8 Å². The summed E-state index contributed by atoms with van der Waals surface area (Å²) in [6, 6.07) is 8.60. The Kier molecular flexibility index (Phi) is 4.78. The molecule has 4 rings (SSSR count). The molecule has 4 nitrogen and oxygen atoms in total. The third kappa shape index (κ3) is 3.39. The van der Waals surface area contributed by atoms with E-state index in [0.717, 1.165) is 25.0 Å². The predicted octanol–water partition coefficient (Wildman–Crippen LogP) is 3.61. The van der Waals surface area contributed by atoms with E-state index in [4.69, 9.17) is 9.47 Å². The summed E-state index contributed by atoms with van der Waals surface area (Å²) in [6.45, 7) is 0.970. The second kappa shape index (κ2) is 7.23. The van der Waals surface area contributed by atoms with Crippen LogP contribution < -0.4 is 4.74 Å². The molecule has 0 N–H and O–H groups in total. The fraction of sp³-hybridized carbons (Fsp3) is 0.350. The lowest BCUT2D eigenvalue weighted by atomic mass is 9.89. The van der Waals surface area contributed by atoms with E-state index in [-0.39, 0.29) is 17.8 Å². The van der Waals surface area contributed by atoms with Crippen LogP contribution >= 0.6 is 0 Å². The Morgan fingerprint density at radius 2 is 1.89 bits per heavy atom. The van der Waals surface area contributed by atoms with Gasteiger partial charge in [-0.25, -0.2) is 13.2 Å². The van der Waals surface area contributed by atoms with Gasteiger partial charge in [-0.05, 0) is 42.7 Å². The second-order valence-electron chi connectivity index (χ2n) is 6.71. The van der Waals surface area contributed by atoms with Crippen LogP contribution in [-0.4, -0.2) is 36.2 Å². The molecule has 0 aliphatic carbocycles. The Labute approximate surface area is 154 Å². The molecule has 0 spiro atoms. The molecule has 3 atom stereocenters. The van der Waals surface area contributed by atoms with E-state index in [0.29, 0.717) is 18.7 Å². The Hall–Kier alpha value is -2.54. The number of para-hydroxylation sites is 1. The first-order valence-electron chi connectivity index (χ1n) is 8.83. The SMILES string of the molecule is O=C1[C@H](Oc2ccccc2F)[C@@H](c2ccc(F)c(F)c2)N1C[C@H]1CCCO1. The van der Waals surface area contributed by atoms with E-state index >= 15 is 0 Å². The van der Waals surface area contributed by atoms with E-state index in [1.807, 2.05) is 0 Å². The van der Waals surface area contributed by atoms with Crippen molar-refractivity contribution in [1.82, 2.24) is 4.90 Å². The molecule has 142 valence electrons. The number of ether oxygens (including phenoxy) is 2. The molecule has 0 aromatic heterocycles. The molecule has 2 aliphatic rings. The number of hydrogen-bond acceptors (Lipinski definition) is 3. The predicted molar refractivity (Wildman–Crippen MR) is 90.6 cm³/mol. The zero-order chi connectivity index (χ0) is 19.0. The van der Waals surface area contributed by atoms with Crippen LogP contribution in [0.1, 0.15) is 24.4 Å². The minimum Gasteiger partial charge on any atom is -0.475 e. The van der Waals surface area contributed by atoms with Gasteiger partial charge in [-0.3, -0.25) is 4.79 Å². The number of amides is 1. The number of rotatable bonds is 5. The fourth-order valence-electron chi connectivity index (χ4n) is 3.57. The number of carbonyl (C=O) groups is 1. The highest BCUT2D eigenvalue weighted by Crippen LogP contribution is 2.39. The zero-order valence-electron chi connectivity index (χ0n) is 14.4. The highest BCUT2D eigenvalue weighted by atomic mass is 19.2. The maximum absolute atomic E-state index is 13.9. The van der Waals surface area contributed by atoms with Crippen molar-refractivity contribution in [3.8, 4) is 5.75 Å². The molecule has 7 heteroatoms. The number of benzene rings is 2. The molecule has 0 saturated carbocycles. The average Bonchev–Trinajstić information content (AvgIpc) is 3.17. The molecule has 27 heavy (non-hydrogen) atoms. The Balaban J connectivity index is 1.61. The van der Waals surface area contributed by atoms with E-state index in [2.05, 4.69) is 0 Å². The molecular weight excluding hydrogens is 359 g/mol. The molecule has 0 unspecified atom stereocenters. The average molecular weight is 377 g/mol.